The van der Waals surface area contributed by atoms with Crippen molar-refractivity contribution in [1.82, 2.24) is 19.6 Å². The van der Waals surface area contributed by atoms with Crippen LogP contribution < -0.4 is 11.0 Å². The van der Waals surface area contributed by atoms with Crippen molar-refractivity contribution >= 4 is 11.3 Å². The van der Waals surface area contributed by atoms with Crippen molar-refractivity contribution in [1.29, 1.82) is 0 Å². The number of aromatic nitrogens is 4. The van der Waals surface area contributed by atoms with Crippen molar-refractivity contribution < 1.29 is 13.2 Å². The second kappa shape index (κ2) is 8.02. The van der Waals surface area contributed by atoms with Gasteiger partial charge in [0.2, 0.25) is 0 Å². The summed E-state index contributed by atoms with van der Waals surface area (Å²) < 4.78 is 39.8. The fourth-order valence-electron chi connectivity index (χ4n) is 3.21. The van der Waals surface area contributed by atoms with Gasteiger partial charge in [-0.15, -0.1) is 0 Å². The van der Waals surface area contributed by atoms with Crippen LogP contribution in [0.15, 0.2) is 65.8 Å². The molecule has 6 nitrogen and oxygen atoms in total. The van der Waals surface area contributed by atoms with Gasteiger partial charge in [-0.2, -0.15) is 18.3 Å². The van der Waals surface area contributed by atoms with Crippen LogP contribution in [0.5, 0.6) is 0 Å². The van der Waals surface area contributed by atoms with Gasteiger partial charge in [-0.1, -0.05) is 18.2 Å². The molecule has 0 radical (unpaired) electrons. The van der Waals surface area contributed by atoms with Crippen molar-refractivity contribution in [3.63, 3.8) is 0 Å². The van der Waals surface area contributed by atoms with Crippen LogP contribution in [0.25, 0.3) is 16.8 Å². The molecule has 0 saturated carbocycles. The summed E-state index contributed by atoms with van der Waals surface area (Å²) in [7, 11) is 0. The van der Waals surface area contributed by atoms with Gasteiger partial charge in [0.05, 0.1) is 11.3 Å². The molecule has 30 heavy (non-hydrogen) atoms. The number of pyridine rings is 2. The van der Waals surface area contributed by atoms with E-state index in [4.69, 9.17) is 0 Å². The van der Waals surface area contributed by atoms with Crippen LogP contribution in [0.1, 0.15) is 17.5 Å². The van der Waals surface area contributed by atoms with Gasteiger partial charge in [-0.3, -0.25) is 4.98 Å². The van der Waals surface area contributed by atoms with Crippen LogP contribution in [0.3, 0.4) is 0 Å². The molecule has 1 aromatic carbocycles. The normalized spacial score (nSPS) is 11.7. The number of nitrogens with one attached hydrogen (secondary N) is 2. The van der Waals surface area contributed by atoms with E-state index in [0.29, 0.717) is 29.0 Å². The Morgan fingerprint density at radius 3 is 2.60 bits per heavy atom. The van der Waals surface area contributed by atoms with Gasteiger partial charge in [-0.05, 0) is 48.2 Å². The van der Waals surface area contributed by atoms with Crippen LogP contribution in [-0.4, -0.2) is 26.1 Å². The molecule has 2 N–H and O–H groups in total. The van der Waals surface area contributed by atoms with E-state index in [1.54, 1.807) is 18.5 Å². The maximum Gasteiger partial charge on any atom is 0.416 e. The molecule has 3 heterocycles. The number of nitrogens with zero attached hydrogens (tertiary/aromatic N) is 3. The van der Waals surface area contributed by atoms with Crippen molar-refractivity contribution in [2.45, 2.75) is 19.0 Å². The second-order valence-electron chi connectivity index (χ2n) is 6.83. The van der Waals surface area contributed by atoms with Crippen molar-refractivity contribution in [2.24, 2.45) is 0 Å². The molecule has 0 aliphatic rings. The molecule has 4 rings (SSSR count). The lowest BCUT2D eigenvalue weighted by molar-refractivity contribution is -0.137. The molecule has 0 atom stereocenters. The number of aromatic amines is 1. The summed E-state index contributed by atoms with van der Waals surface area (Å²) in [6.07, 6.45) is 2.37. The predicted molar refractivity (Wildman–Crippen MR) is 107 cm³/mol. The fourth-order valence-corrected chi connectivity index (χ4v) is 3.21. The van der Waals surface area contributed by atoms with Crippen LogP contribution in [-0.2, 0) is 12.6 Å². The van der Waals surface area contributed by atoms with Gasteiger partial charge >= 0.3 is 11.9 Å². The first kappa shape index (κ1) is 19.7. The standard InChI is InChI=1S/C21H18F3N5O/c22-21(23,24)17-7-5-15(6-8-17)16-11-18(19-27-28-20(30)29(19)13-16)26-10-2-4-14-3-1-9-25-12-14/h1,3,5-9,11-13,26H,2,4,10H2,(H,28,30). The van der Waals surface area contributed by atoms with E-state index in [9.17, 15) is 18.0 Å². The van der Waals surface area contributed by atoms with Gasteiger partial charge in [0.15, 0.2) is 5.65 Å². The first-order chi connectivity index (χ1) is 14.4. The number of fused-ring (bicyclic) bond motifs is 1. The zero-order valence-electron chi connectivity index (χ0n) is 15.8. The van der Waals surface area contributed by atoms with Gasteiger partial charge in [-0.25, -0.2) is 14.3 Å². The van der Waals surface area contributed by atoms with E-state index >= 15 is 0 Å². The highest BCUT2D eigenvalue weighted by atomic mass is 19.4. The summed E-state index contributed by atoms with van der Waals surface area (Å²) in [5.74, 6) is 0. The van der Waals surface area contributed by atoms with Crippen LogP contribution in [0.2, 0.25) is 0 Å². The van der Waals surface area contributed by atoms with E-state index in [1.807, 2.05) is 18.3 Å². The fraction of sp³-hybridized carbons (Fsp3) is 0.190. The predicted octanol–water partition coefficient (Wildman–Crippen LogP) is 4.15. The average Bonchev–Trinajstić information content (AvgIpc) is 3.12. The first-order valence-corrected chi connectivity index (χ1v) is 9.33. The minimum Gasteiger partial charge on any atom is -0.382 e. The maximum absolute atomic E-state index is 12.8. The summed E-state index contributed by atoms with van der Waals surface area (Å²) >= 11 is 0. The summed E-state index contributed by atoms with van der Waals surface area (Å²) in [6.45, 7) is 0.627. The van der Waals surface area contributed by atoms with E-state index < -0.39 is 17.4 Å². The molecule has 0 spiro atoms. The summed E-state index contributed by atoms with van der Waals surface area (Å²) in [4.78, 5) is 16.2. The third-order valence-corrected chi connectivity index (χ3v) is 4.74. The minimum atomic E-state index is -4.40. The topological polar surface area (TPSA) is 75.1 Å². The van der Waals surface area contributed by atoms with Crippen molar-refractivity contribution in [3.8, 4) is 11.1 Å². The lowest BCUT2D eigenvalue weighted by Gasteiger charge is -2.11. The van der Waals surface area contributed by atoms with E-state index in [-0.39, 0.29) is 0 Å². The number of H-pyrrole nitrogens is 1. The molecular formula is C21H18F3N5O. The van der Waals surface area contributed by atoms with Crippen LogP contribution in [0, 0.1) is 0 Å². The first-order valence-electron chi connectivity index (χ1n) is 9.33. The number of rotatable bonds is 6. The van der Waals surface area contributed by atoms with E-state index in [0.717, 1.165) is 30.5 Å². The lowest BCUT2D eigenvalue weighted by Crippen LogP contribution is -2.11. The molecule has 0 aliphatic carbocycles. The third kappa shape index (κ3) is 4.19. The number of aryl methyl sites for hydroxylation is 1. The Labute approximate surface area is 169 Å². The molecular weight excluding hydrogens is 395 g/mol. The Morgan fingerprint density at radius 1 is 1.10 bits per heavy atom. The highest BCUT2D eigenvalue weighted by Crippen LogP contribution is 2.31. The van der Waals surface area contributed by atoms with Gasteiger partial charge < -0.3 is 5.32 Å². The number of hydrogen-bond acceptors (Lipinski definition) is 4. The molecule has 0 bridgehead atoms. The van der Waals surface area contributed by atoms with Gasteiger partial charge in [0.25, 0.3) is 0 Å². The zero-order valence-corrected chi connectivity index (χ0v) is 15.8. The number of hydrogen-bond donors (Lipinski definition) is 2. The highest BCUT2D eigenvalue weighted by Gasteiger charge is 2.30. The summed E-state index contributed by atoms with van der Waals surface area (Å²) in [5.41, 5.74) is 2.21. The molecule has 0 fully saturated rings. The molecule has 0 unspecified atom stereocenters. The molecule has 0 saturated heterocycles. The maximum atomic E-state index is 12.8. The van der Waals surface area contributed by atoms with Crippen LogP contribution >= 0.6 is 0 Å². The molecule has 3 aromatic heterocycles. The number of anilines is 1. The number of halogens is 3. The van der Waals surface area contributed by atoms with E-state index in [1.165, 1.54) is 16.5 Å². The summed E-state index contributed by atoms with van der Waals surface area (Å²) in [5, 5.41) is 9.72. The second-order valence-corrected chi connectivity index (χ2v) is 6.83. The van der Waals surface area contributed by atoms with Crippen molar-refractivity contribution in [2.75, 3.05) is 11.9 Å². The van der Waals surface area contributed by atoms with E-state index in [2.05, 4.69) is 20.5 Å². The molecule has 9 heteroatoms. The third-order valence-electron chi connectivity index (χ3n) is 4.74. The van der Waals surface area contributed by atoms with Gasteiger partial charge in [0.1, 0.15) is 0 Å². The average molecular weight is 413 g/mol. The largest absolute Gasteiger partial charge is 0.416 e. The Bertz CT molecular complexity index is 1200. The number of alkyl halides is 3. The molecule has 0 amide bonds. The lowest BCUT2D eigenvalue weighted by atomic mass is 10.0. The minimum absolute atomic E-state index is 0.419. The molecule has 0 aliphatic heterocycles. The summed E-state index contributed by atoms with van der Waals surface area (Å²) in [6, 6.07) is 10.5. The smallest absolute Gasteiger partial charge is 0.382 e. The monoisotopic (exact) mass is 413 g/mol. The Morgan fingerprint density at radius 2 is 1.90 bits per heavy atom. The Balaban J connectivity index is 1.57. The van der Waals surface area contributed by atoms with Crippen LogP contribution in [0.4, 0.5) is 18.9 Å². The van der Waals surface area contributed by atoms with Gasteiger partial charge in [0, 0.05) is 30.7 Å². The molecule has 4 aromatic rings. The molecule has 154 valence electrons. The zero-order chi connectivity index (χ0) is 21.1. The Kier molecular flexibility index (Phi) is 5.26. The highest BCUT2D eigenvalue weighted by molar-refractivity contribution is 5.76. The number of benzene rings is 1. The Hall–Kier alpha value is -3.62. The van der Waals surface area contributed by atoms with Crippen molar-refractivity contribution in [3.05, 3.63) is 82.7 Å². The SMILES string of the molecule is O=c1[nH]nc2c(NCCCc3cccnc3)cc(-c3ccc(C(F)(F)F)cc3)cn12. The quantitative estimate of drug-likeness (QED) is 0.466.